The lowest BCUT2D eigenvalue weighted by atomic mass is 10.1. The normalized spacial score (nSPS) is 12.1. The number of aliphatic hydroxyl groups is 1. The number of hydrogen-bond acceptors (Lipinski definition) is 6. The predicted octanol–water partition coefficient (Wildman–Crippen LogP) is 5.13. The number of halogens is 1. The van der Waals surface area contributed by atoms with Crippen LogP contribution >= 0.6 is 11.6 Å². The molecule has 2 N–H and O–H groups in total. The van der Waals surface area contributed by atoms with Gasteiger partial charge in [0.25, 0.3) is 0 Å². The van der Waals surface area contributed by atoms with Gasteiger partial charge in [0.15, 0.2) is 11.6 Å². The van der Waals surface area contributed by atoms with Crippen molar-refractivity contribution in [3.8, 4) is 6.07 Å². The Kier molecular flexibility index (Phi) is 6.99. The summed E-state index contributed by atoms with van der Waals surface area (Å²) in [6.45, 7) is 3.79. The molecule has 0 saturated carbocycles. The number of esters is 1. The van der Waals surface area contributed by atoms with E-state index in [0.29, 0.717) is 17.1 Å². The highest BCUT2D eigenvalue weighted by Crippen LogP contribution is 2.21. The van der Waals surface area contributed by atoms with Crippen LogP contribution in [0.4, 0.5) is 0 Å². The molecule has 0 fully saturated rings. The molecule has 2 aromatic carbocycles. The number of nitrogens with zero attached hydrogens (tertiary/aromatic N) is 4. The molecule has 0 aliphatic heterocycles. The van der Waals surface area contributed by atoms with E-state index < -0.39 is 18.3 Å². The molecule has 4 aromatic rings. The second kappa shape index (κ2) is 10.3. The smallest absolute Gasteiger partial charge is 0.331 e. The monoisotopic (exact) mass is 487 g/mol. The Morgan fingerprint density at radius 3 is 2.71 bits per heavy atom. The van der Waals surface area contributed by atoms with Gasteiger partial charge in [-0.2, -0.15) is 10.4 Å². The maximum atomic E-state index is 12.3. The van der Waals surface area contributed by atoms with Gasteiger partial charge in [-0.05, 0) is 43.7 Å². The standard InChI is InChI=1S/C26H22ClN5O3/c1-16-19(17(2)32(31-16)14-18-7-3-4-8-21(18)27)11-12-25(34)35-15-24(33)20(13-28)26-29-22-9-5-6-10-23(22)30-26/h3-12,33H,14-15H2,1-2H3,(H,29,30)/b12-11?,24-20-. The third-order valence-electron chi connectivity index (χ3n) is 5.48. The SMILES string of the molecule is Cc1nn(Cc2ccccc2Cl)c(C)c1C=CC(=O)OC/C(O)=C(\C#N)c1nc2ccccc2[nH]1. The molecule has 0 bridgehead atoms. The van der Waals surface area contributed by atoms with Gasteiger partial charge < -0.3 is 14.8 Å². The van der Waals surface area contributed by atoms with E-state index in [0.717, 1.165) is 28.0 Å². The highest BCUT2D eigenvalue weighted by Gasteiger charge is 2.15. The van der Waals surface area contributed by atoms with Crippen molar-refractivity contribution in [3.63, 3.8) is 0 Å². The third kappa shape index (κ3) is 5.26. The van der Waals surface area contributed by atoms with Gasteiger partial charge in [0.05, 0.1) is 23.3 Å². The van der Waals surface area contributed by atoms with E-state index in [1.807, 2.05) is 67.1 Å². The summed E-state index contributed by atoms with van der Waals surface area (Å²) in [5.74, 6) is -0.862. The van der Waals surface area contributed by atoms with E-state index in [-0.39, 0.29) is 11.4 Å². The number of allylic oxidation sites excluding steroid dienone is 1. The molecule has 0 aliphatic carbocycles. The largest absolute Gasteiger partial charge is 0.507 e. The second-order valence-corrected chi connectivity index (χ2v) is 8.22. The summed E-state index contributed by atoms with van der Waals surface area (Å²) in [7, 11) is 0. The van der Waals surface area contributed by atoms with Gasteiger partial charge in [-0.3, -0.25) is 4.68 Å². The zero-order valence-electron chi connectivity index (χ0n) is 19.1. The summed E-state index contributed by atoms with van der Waals surface area (Å²) < 4.78 is 6.95. The maximum Gasteiger partial charge on any atom is 0.331 e. The fourth-order valence-electron chi connectivity index (χ4n) is 3.63. The molecule has 2 heterocycles. The molecule has 35 heavy (non-hydrogen) atoms. The maximum absolute atomic E-state index is 12.3. The van der Waals surface area contributed by atoms with Crippen molar-refractivity contribution in [2.45, 2.75) is 20.4 Å². The summed E-state index contributed by atoms with van der Waals surface area (Å²) in [6.07, 6.45) is 2.88. The number of benzene rings is 2. The minimum atomic E-state index is -0.670. The molecule has 176 valence electrons. The first-order valence-corrected chi connectivity index (χ1v) is 11.1. The number of H-pyrrole nitrogens is 1. The summed E-state index contributed by atoms with van der Waals surface area (Å²) >= 11 is 6.26. The number of para-hydroxylation sites is 2. The number of aliphatic hydroxyl groups excluding tert-OH is 1. The van der Waals surface area contributed by atoms with Crippen LogP contribution in [0.15, 0.2) is 60.4 Å². The zero-order valence-corrected chi connectivity index (χ0v) is 19.9. The van der Waals surface area contributed by atoms with Crippen molar-refractivity contribution in [3.05, 3.63) is 93.7 Å². The number of aromatic nitrogens is 4. The average molecular weight is 488 g/mol. The van der Waals surface area contributed by atoms with Crippen LogP contribution in [-0.4, -0.2) is 37.4 Å². The minimum absolute atomic E-state index is 0.0921. The number of nitriles is 1. The fourth-order valence-corrected chi connectivity index (χ4v) is 3.83. The van der Waals surface area contributed by atoms with Gasteiger partial charge >= 0.3 is 5.97 Å². The van der Waals surface area contributed by atoms with E-state index in [4.69, 9.17) is 16.3 Å². The Labute approximate surface area is 206 Å². The van der Waals surface area contributed by atoms with Crippen LogP contribution in [0.2, 0.25) is 5.02 Å². The van der Waals surface area contributed by atoms with E-state index in [2.05, 4.69) is 15.1 Å². The molecule has 4 rings (SSSR count). The van der Waals surface area contributed by atoms with E-state index in [1.54, 1.807) is 12.1 Å². The molecule has 0 aliphatic rings. The highest BCUT2D eigenvalue weighted by molar-refractivity contribution is 6.31. The molecule has 0 atom stereocenters. The molecule has 0 spiro atoms. The zero-order chi connectivity index (χ0) is 24.9. The third-order valence-corrected chi connectivity index (χ3v) is 5.85. The minimum Gasteiger partial charge on any atom is -0.507 e. The van der Waals surface area contributed by atoms with Gasteiger partial charge in [-0.15, -0.1) is 0 Å². The number of ether oxygens (including phenoxy) is 1. The van der Waals surface area contributed by atoms with Crippen LogP contribution in [0.5, 0.6) is 0 Å². The van der Waals surface area contributed by atoms with Crippen molar-refractivity contribution in [1.29, 1.82) is 5.26 Å². The lowest BCUT2D eigenvalue weighted by molar-refractivity contribution is -0.137. The first-order chi connectivity index (χ1) is 16.9. The average Bonchev–Trinajstić information content (AvgIpc) is 3.38. The molecule has 2 aromatic heterocycles. The molecular weight excluding hydrogens is 466 g/mol. The molecule has 8 nitrogen and oxygen atoms in total. The summed E-state index contributed by atoms with van der Waals surface area (Å²) in [5.41, 5.74) is 4.63. The number of nitrogens with one attached hydrogen (secondary N) is 1. The van der Waals surface area contributed by atoms with Gasteiger partial charge in [-0.1, -0.05) is 41.9 Å². The van der Waals surface area contributed by atoms with Gasteiger partial charge in [0.2, 0.25) is 0 Å². The van der Waals surface area contributed by atoms with Crippen LogP contribution in [0.25, 0.3) is 22.7 Å². The van der Waals surface area contributed by atoms with Gasteiger partial charge in [-0.25, -0.2) is 9.78 Å². The highest BCUT2D eigenvalue weighted by atomic mass is 35.5. The Bertz CT molecular complexity index is 1470. The number of hydrogen-bond donors (Lipinski definition) is 2. The lowest BCUT2D eigenvalue weighted by Gasteiger charge is -2.06. The summed E-state index contributed by atoms with van der Waals surface area (Å²) in [4.78, 5) is 19.6. The van der Waals surface area contributed by atoms with Crippen LogP contribution in [0.1, 0.15) is 28.3 Å². The number of imidazole rings is 1. The molecule has 0 saturated heterocycles. The number of carbonyl (C=O) groups excluding carboxylic acids is 1. The molecule has 0 radical (unpaired) electrons. The molecule has 0 amide bonds. The first kappa shape index (κ1) is 23.8. The summed E-state index contributed by atoms with van der Waals surface area (Å²) in [5, 5.41) is 25.0. The number of aromatic amines is 1. The second-order valence-electron chi connectivity index (χ2n) is 7.81. The van der Waals surface area contributed by atoms with Crippen molar-refractivity contribution in [2.24, 2.45) is 0 Å². The van der Waals surface area contributed by atoms with E-state index in [9.17, 15) is 15.2 Å². The van der Waals surface area contributed by atoms with Crippen molar-refractivity contribution < 1.29 is 14.6 Å². The van der Waals surface area contributed by atoms with Crippen LogP contribution in [0.3, 0.4) is 0 Å². The van der Waals surface area contributed by atoms with E-state index in [1.165, 1.54) is 6.08 Å². The van der Waals surface area contributed by atoms with Gasteiger partial charge in [0, 0.05) is 22.4 Å². The van der Waals surface area contributed by atoms with Gasteiger partial charge in [0.1, 0.15) is 18.2 Å². The van der Waals surface area contributed by atoms with Crippen LogP contribution in [0, 0.1) is 25.2 Å². The Balaban J connectivity index is 1.44. The lowest BCUT2D eigenvalue weighted by Crippen LogP contribution is -2.06. The molecule has 0 unspecified atom stereocenters. The fraction of sp³-hybridized carbons (Fsp3) is 0.154. The van der Waals surface area contributed by atoms with Crippen LogP contribution < -0.4 is 0 Å². The topological polar surface area (TPSA) is 117 Å². The molecule has 9 heteroatoms. The first-order valence-electron chi connectivity index (χ1n) is 10.8. The Hall–Kier alpha value is -4.35. The number of carbonyl (C=O) groups is 1. The van der Waals surface area contributed by atoms with Crippen molar-refractivity contribution in [1.82, 2.24) is 19.7 Å². The quantitative estimate of drug-likeness (QED) is 0.161. The number of aryl methyl sites for hydroxylation is 1. The predicted molar refractivity (Wildman–Crippen MR) is 134 cm³/mol. The number of rotatable bonds is 7. The Morgan fingerprint density at radius 2 is 1.97 bits per heavy atom. The van der Waals surface area contributed by atoms with Crippen molar-refractivity contribution in [2.75, 3.05) is 6.61 Å². The number of fused-ring (bicyclic) bond motifs is 1. The molecular formula is C26H22ClN5O3. The van der Waals surface area contributed by atoms with Crippen molar-refractivity contribution >= 4 is 40.3 Å². The van der Waals surface area contributed by atoms with Crippen LogP contribution in [-0.2, 0) is 16.1 Å². The van der Waals surface area contributed by atoms with E-state index >= 15 is 0 Å². The summed E-state index contributed by atoms with van der Waals surface area (Å²) in [6, 6.07) is 16.7. The Morgan fingerprint density at radius 1 is 1.23 bits per heavy atom.